The highest BCUT2D eigenvalue weighted by molar-refractivity contribution is 5.87. The van der Waals surface area contributed by atoms with Crippen molar-refractivity contribution >= 4 is 11.9 Å². The molecule has 126 valence electrons. The number of nitrogens with zero attached hydrogens (tertiary/aromatic N) is 4. The number of hydrogen-bond donors (Lipinski definition) is 2. The lowest BCUT2D eigenvalue weighted by molar-refractivity contribution is -0.150. The largest absolute Gasteiger partial charge is 0.480 e. The van der Waals surface area contributed by atoms with Gasteiger partial charge in [0.15, 0.2) is 0 Å². The monoisotopic (exact) mass is 322 g/mol. The lowest BCUT2D eigenvalue weighted by Crippen LogP contribution is -2.45. The molecule has 1 amide bonds. The molecular formula is C15H22N4O4. The van der Waals surface area contributed by atoms with Crippen LogP contribution in [0.1, 0.15) is 50.8 Å². The van der Waals surface area contributed by atoms with E-state index in [1.807, 2.05) is 13.8 Å². The third-order valence-electron chi connectivity index (χ3n) is 4.54. The van der Waals surface area contributed by atoms with Crippen LogP contribution in [0.5, 0.6) is 0 Å². The fourth-order valence-electron chi connectivity index (χ4n) is 3.16. The second kappa shape index (κ2) is 5.92. The SMILES string of the molecule is CC(C)[C@@H](C(=O)N1CC(O)CC1C(=O)O)n1cc(C2CC2)nn1. The minimum absolute atomic E-state index is 0.0448. The highest BCUT2D eigenvalue weighted by Crippen LogP contribution is 2.39. The van der Waals surface area contributed by atoms with E-state index in [2.05, 4.69) is 10.3 Å². The number of likely N-dealkylation sites (tertiary alicyclic amines) is 1. The van der Waals surface area contributed by atoms with Crippen molar-refractivity contribution in [2.45, 2.75) is 57.2 Å². The Morgan fingerprint density at radius 1 is 1.35 bits per heavy atom. The van der Waals surface area contributed by atoms with Gasteiger partial charge in [0, 0.05) is 25.1 Å². The number of carboxylic acids is 1. The van der Waals surface area contributed by atoms with Gasteiger partial charge in [-0.05, 0) is 18.8 Å². The molecule has 1 aromatic heterocycles. The molecule has 1 aliphatic carbocycles. The van der Waals surface area contributed by atoms with Gasteiger partial charge >= 0.3 is 5.97 Å². The molecule has 8 nitrogen and oxygen atoms in total. The van der Waals surface area contributed by atoms with E-state index in [-0.39, 0.29) is 24.8 Å². The molecule has 0 bridgehead atoms. The van der Waals surface area contributed by atoms with E-state index >= 15 is 0 Å². The van der Waals surface area contributed by atoms with Crippen LogP contribution in [0.2, 0.25) is 0 Å². The number of aliphatic hydroxyl groups is 1. The molecule has 0 radical (unpaired) electrons. The second-order valence-corrected chi connectivity index (χ2v) is 6.82. The smallest absolute Gasteiger partial charge is 0.326 e. The van der Waals surface area contributed by atoms with Crippen molar-refractivity contribution in [1.29, 1.82) is 0 Å². The van der Waals surface area contributed by atoms with Crippen LogP contribution < -0.4 is 0 Å². The number of carbonyl (C=O) groups excluding carboxylic acids is 1. The summed E-state index contributed by atoms with van der Waals surface area (Å²) >= 11 is 0. The summed E-state index contributed by atoms with van der Waals surface area (Å²) in [5.41, 5.74) is 0.889. The summed E-state index contributed by atoms with van der Waals surface area (Å²) in [5, 5.41) is 27.3. The molecule has 1 aromatic rings. The molecule has 3 rings (SSSR count). The van der Waals surface area contributed by atoms with E-state index in [0.717, 1.165) is 18.5 Å². The molecule has 8 heteroatoms. The third-order valence-corrected chi connectivity index (χ3v) is 4.54. The third kappa shape index (κ3) is 3.08. The van der Waals surface area contributed by atoms with Crippen LogP contribution in [0.3, 0.4) is 0 Å². The Morgan fingerprint density at radius 3 is 2.61 bits per heavy atom. The molecule has 1 saturated carbocycles. The van der Waals surface area contributed by atoms with E-state index in [4.69, 9.17) is 0 Å². The van der Waals surface area contributed by atoms with Gasteiger partial charge in [-0.25, -0.2) is 9.48 Å². The summed E-state index contributed by atoms with van der Waals surface area (Å²) in [5.74, 6) is -1.04. The number of β-amino-alcohol motifs (C(OH)–C–C–N with tert-alkyl or cyclic N) is 1. The van der Waals surface area contributed by atoms with Crippen molar-refractivity contribution in [3.8, 4) is 0 Å². The number of rotatable bonds is 5. The first-order chi connectivity index (χ1) is 10.9. The van der Waals surface area contributed by atoms with Gasteiger partial charge in [0.25, 0.3) is 0 Å². The van der Waals surface area contributed by atoms with E-state index < -0.39 is 24.2 Å². The van der Waals surface area contributed by atoms with Crippen LogP contribution in [-0.4, -0.2) is 60.7 Å². The van der Waals surface area contributed by atoms with Gasteiger partial charge in [0.05, 0.1) is 11.8 Å². The van der Waals surface area contributed by atoms with Crippen molar-refractivity contribution in [1.82, 2.24) is 19.9 Å². The summed E-state index contributed by atoms with van der Waals surface area (Å²) in [4.78, 5) is 25.5. The van der Waals surface area contributed by atoms with Crippen LogP contribution >= 0.6 is 0 Å². The number of amides is 1. The molecular weight excluding hydrogens is 300 g/mol. The number of aliphatic carboxylic acids is 1. The summed E-state index contributed by atoms with van der Waals surface area (Å²) in [7, 11) is 0. The van der Waals surface area contributed by atoms with E-state index in [0.29, 0.717) is 5.92 Å². The van der Waals surface area contributed by atoms with Gasteiger partial charge in [-0.15, -0.1) is 5.10 Å². The zero-order valence-electron chi connectivity index (χ0n) is 13.3. The highest BCUT2D eigenvalue weighted by Gasteiger charge is 2.42. The average molecular weight is 322 g/mol. The van der Waals surface area contributed by atoms with E-state index in [1.54, 1.807) is 10.9 Å². The van der Waals surface area contributed by atoms with E-state index in [9.17, 15) is 19.8 Å². The van der Waals surface area contributed by atoms with Crippen LogP contribution in [0.4, 0.5) is 0 Å². The standard InChI is InChI=1S/C15H22N4O4/c1-8(2)13(19-7-11(16-17-19)9-3-4-9)14(21)18-6-10(20)5-12(18)15(22)23/h7-10,12-13,20H,3-6H2,1-2H3,(H,22,23)/t10?,12?,13-/m0/s1. The average Bonchev–Trinajstić information content (AvgIpc) is 3.08. The maximum Gasteiger partial charge on any atom is 0.326 e. The topological polar surface area (TPSA) is 109 Å². The van der Waals surface area contributed by atoms with Gasteiger partial charge in [-0.2, -0.15) is 0 Å². The zero-order valence-corrected chi connectivity index (χ0v) is 13.3. The number of carbonyl (C=O) groups is 2. The first-order valence-electron chi connectivity index (χ1n) is 8.01. The van der Waals surface area contributed by atoms with Crippen molar-refractivity contribution in [3.05, 3.63) is 11.9 Å². The van der Waals surface area contributed by atoms with Gasteiger partial charge in [0.2, 0.25) is 5.91 Å². The predicted octanol–water partition coefficient (Wildman–Crippen LogP) is 0.399. The minimum Gasteiger partial charge on any atom is -0.480 e. The van der Waals surface area contributed by atoms with Gasteiger partial charge < -0.3 is 15.1 Å². The zero-order chi connectivity index (χ0) is 16.7. The van der Waals surface area contributed by atoms with Crippen molar-refractivity contribution in [2.24, 2.45) is 5.92 Å². The molecule has 3 atom stereocenters. The Balaban J connectivity index is 1.84. The fourth-order valence-corrected chi connectivity index (χ4v) is 3.16. The molecule has 2 fully saturated rings. The normalized spacial score (nSPS) is 25.8. The van der Waals surface area contributed by atoms with Gasteiger partial charge in [-0.3, -0.25) is 4.79 Å². The molecule has 2 aliphatic rings. The van der Waals surface area contributed by atoms with Crippen molar-refractivity contribution in [2.75, 3.05) is 6.54 Å². The van der Waals surface area contributed by atoms with E-state index in [1.165, 1.54) is 4.90 Å². The Labute approximate surface area is 134 Å². The Hall–Kier alpha value is -1.96. The first kappa shape index (κ1) is 15.9. The molecule has 2 unspecified atom stereocenters. The van der Waals surface area contributed by atoms with Crippen LogP contribution in [-0.2, 0) is 9.59 Å². The summed E-state index contributed by atoms with van der Waals surface area (Å²) < 4.78 is 1.55. The highest BCUT2D eigenvalue weighted by atomic mass is 16.4. The molecule has 0 spiro atoms. The van der Waals surface area contributed by atoms with Gasteiger partial charge in [-0.1, -0.05) is 19.1 Å². The molecule has 1 aliphatic heterocycles. The summed E-state index contributed by atoms with van der Waals surface area (Å²) in [6.07, 6.45) is 3.25. The van der Waals surface area contributed by atoms with Crippen molar-refractivity contribution < 1.29 is 19.8 Å². The Morgan fingerprint density at radius 2 is 2.04 bits per heavy atom. The lowest BCUT2D eigenvalue weighted by atomic mass is 10.0. The lowest BCUT2D eigenvalue weighted by Gasteiger charge is -2.28. The van der Waals surface area contributed by atoms with Crippen molar-refractivity contribution in [3.63, 3.8) is 0 Å². The molecule has 2 N–H and O–H groups in total. The Bertz CT molecular complexity index is 610. The van der Waals surface area contributed by atoms with Crippen LogP contribution in [0.15, 0.2) is 6.20 Å². The van der Waals surface area contributed by atoms with Gasteiger partial charge in [0.1, 0.15) is 12.1 Å². The maximum atomic E-state index is 12.9. The maximum absolute atomic E-state index is 12.9. The number of aliphatic hydroxyl groups excluding tert-OH is 1. The number of carboxylic acid groups (broad SMARTS) is 1. The van der Waals surface area contributed by atoms with Crippen LogP contribution in [0, 0.1) is 5.92 Å². The minimum atomic E-state index is -1.09. The molecule has 1 saturated heterocycles. The predicted molar refractivity (Wildman–Crippen MR) is 79.6 cm³/mol. The number of hydrogen-bond acceptors (Lipinski definition) is 5. The fraction of sp³-hybridized carbons (Fsp3) is 0.733. The molecule has 2 heterocycles. The molecule has 23 heavy (non-hydrogen) atoms. The summed E-state index contributed by atoms with van der Waals surface area (Å²) in [6.45, 7) is 3.83. The van der Waals surface area contributed by atoms with Crippen LogP contribution in [0.25, 0.3) is 0 Å². The second-order valence-electron chi connectivity index (χ2n) is 6.82. The molecule has 0 aromatic carbocycles. The first-order valence-corrected chi connectivity index (χ1v) is 8.01. The quantitative estimate of drug-likeness (QED) is 0.812. The number of aromatic nitrogens is 3. The summed E-state index contributed by atoms with van der Waals surface area (Å²) in [6, 6.07) is -1.59. The Kier molecular flexibility index (Phi) is 4.09.